The summed E-state index contributed by atoms with van der Waals surface area (Å²) in [7, 11) is -7.85. The Kier molecular flexibility index (Phi) is 6.78. The zero-order valence-electron chi connectivity index (χ0n) is 13.5. The molecule has 0 aromatic rings. The summed E-state index contributed by atoms with van der Waals surface area (Å²) in [5, 5.41) is 0. The van der Waals surface area contributed by atoms with Gasteiger partial charge >= 0.3 is 137 Å². The van der Waals surface area contributed by atoms with Crippen LogP contribution in [0.4, 0.5) is 13.2 Å². The first-order valence-electron chi connectivity index (χ1n) is 7.18. The van der Waals surface area contributed by atoms with Crippen LogP contribution in [0, 0.1) is 0 Å². The third-order valence-corrected chi connectivity index (χ3v) is 20.8. The summed E-state index contributed by atoms with van der Waals surface area (Å²) in [5.41, 5.74) is -4.13. The van der Waals surface area contributed by atoms with Gasteiger partial charge in [0.25, 0.3) is 0 Å². The van der Waals surface area contributed by atoms with Crippen molar-refractivity contribution in [2.75, 3.05) is 15.8 Å². The van der Waals surface area contributed by atoms with Gasteiger partial charge in [0, 0.05) is 0 Å². The molecule has 0 amide bonds. The molecule has 1 unspecified atom stereocenters. The van der Waals surface area contributed by atoms with E-state index >= 15 is 0 Å². The fourth-order valence-corrected chi connectivity index (χ4v) is 25.5. The molecule has 132 valence electrons. The van der Waals surface area contributed by atoms with Crippen LogP contribution in [-0.2, 0) is 13.7 Å². The molecule has 0 aliphatic heterocycles. The van der Waals surface area contributed by atoms with Crippen LogP contribution in [-0.4, -0.2) is 48.1 Å². The fraction of sp³-hybridized carbons (Fsp3) is 0.846. The summed E-state index contributed by atoms with van der Waals surface area (Å²) >= 11 is -2.52. The molecular formula is C13H25F3O3S2Sn. The van der Waals surface area contributed by atoms with Crippen molar-refractivity contribution < 1.29 is 25.2 Å². The topological polar surface area (TPSA) is 43.4 Å². The molecule has 0 bridgehead atoms. The summed E-state index contributed by atoms with van der Waals surface area (Å²) in [5.74, 6) is 0.297. The van der Waals surface area contributed by atoms with Crippen molar-refractivity contribution in [2.45, 2.75) is 46.0 Å². The van der Waals surface area contributed by atoms with Gasteiger partial charge < -0.3 is 0 Å². The zero-order chi connectivity index (χ0) is 17.2. The molecule has 0 heterocycles. The summed E-state index contributed by atoms with van der Waals surface area (Å²) in [6.07, 6.45) is 7.60. The maximum absolute atomic E-state index is 12.6. The Morgan fingerprint density at radius 3 is 2.09 bits per heavy atom. The van der Waals surface area contributed by atoms with Crippen molar-refractivity contribution in [1.29, 1.82) is 0 Å². The number of hydrogen-bond acceptors (Lipinski definition) is 3. The molecule has 9 heteroatoms. The molecular weight excluding hydrogens is 444 g/mol. The van der Waals surface area contributed by atoms with Crippen LogP contribution in [0.2, 0.25) is 14.8 Å². The second-order valence-corrected chi connectivity index (χ2v) is 29.1. The van der Waals surface area contributed by atoms with E-state index in [1.54, 1.807) is 6.26 Å². The van der Waals surface area contributed by atoms with Crippen molar-refractivity contribution in [3.05, 3.63) is 11.6 Å². The summed E-state index contributed by atoms with van der Waals surface area (Å²) in [4.78, 5) is 6.23. The average Bonchev–Trinajstić information content (AvgIpc) is 2.73. The van der Waals surface area contributed by atoms with E-state index in [9.17, 15) is 21.6 Å². The summed E-state index contributed by atoms with van der Waals surface area (Å²) in [6.45, 7) is 0. The van der Waals surface area contributed by atoms with Crippen LogP contribution < -0.4 is 0 Å². The van der Waals surface area contributed by atoms with E-state index in [0.29, 0.717) is 9.52 Å². The van der Waals surface area contributed by atoms with Gasteiger partial charge in [-0.2, -0.15) is 0 Å². The predicted molar refractivity (Wildman–Crippen MR) is 89.2 cm³/mol. The van der Waals surface area contributed by atoms with E-state index < -0.39 is 44.3 Å². The average molecular weight is 469 g/mol. The number of rotatable bonds is 6. The van der Waals surface area contributed by atoms with E-state index in [1.807, 2.05) is 6.08 Å². The van der Waals surface area contributed by atoms with Gasteiger partial charge in [0.15, 0.2) is 0 Å². The number of halogens is 3. The van der Waals surface area contributed by atoms with Crippen LogP contribution in [0.1, 0.15) is 25.7 Å². The van der Waals surface area contributed by atoms with Crippen LogP contribution in [0.15, 0.2) is 11.6 Å². The number of allylic oxidation sites excluding steroid dienone is 1. The van der Waals surface area contributed by atoms with E-state index in [0.717, 1.165) is 25.7 Å². The van der Waals surface area contributed by atoms with Crippen LogP contribution in [0.25, 0.3) is 0 Å². The first-order valence-corrected chi connectivity index (χ1v) is 21.5. The Hall–Kier alpha value is 0.589. The number of hydrogen-bond donors (Lipinski definition) is 0. The molecule has 1 rings (SSSR count). The Morgan fingerprint density at radius 2 is 1.68 bits per heavy atom. The van der Waals surface area contributed by atoms with Crippen molar-refractivity contribution in [3.63, 3.8) is 0 Å². The van der Waals surface area contributed by atoms with Crippen LogP contribution in [0.3, 0.4) is 0 Å². The Morgan fingerprint density at radius 1 is 1.18 bits per heavy atom. The van der Waals surface area contributed by atoms with Crippen molar-refractivity contribution in [2.24, 2.45) is 0 Å². The molecule has 0 N–H and O–H groups in total. The van der Waals surface area contributed by atoms with E-state index in [2.05, 4.69) is 14.8 Å². The molecule has 0 saturated heterocycles. The third kappa shape index (κ3) is 6.60. The van der Waals surface area contributed by atoms with Gasteiger partial charge in [-0.05, 0) is 0 Å². The normalized spacial score (nSPS) is 21.5. The SMILES string of the molecule is CS(CC=C1CCCC1)([CH2][Sn]([CH3])([CH3])[CH3])OS(=O)(=O)C(F)(F)F. The van der Waals surface area contributed by atoms with Crippen LogP contribution >= 0.6 is 10.3 Å². The first kappa shape index (κ1) is 20.6. The van der Waals surface area contributed by atoms with Gasteiger partial charge in [0.2, 0.25) is 0 Å². The van der Waals surface area contributed by atoms with Gasteiger partial charge in [-0.1, -0.05) is 0 Å². The Labute approximate surface area is 137 Å². The first-order chi connectivity index (χ1) is 9.74. The molecule has 1 saturated carbocycles. The molecule has 0 spiro atoms. The second-order valence-electron chi connectivity index (χ2n) is 7.09. The van der Waals surface area contributed by atoms with Crippen molar-refractivity contribution in [3.8, 4) is 0 Å². The molecule has 0 aromatic carbocycles. The Bertz CT molecular complexity index is 516. The minimum absolute atomic E-state index is 0.297. The minimum atomic E-state index is -5.53. The molecule has 3 nitrogen and oxygen atoms in total. The predicted octanol–water partition coefficient (Wildman–Crippen LogP) is 4.58. The zero-order valence-corrected chi connectivity index (χ0v) is 18.0. The molecule has 1 aliphatic rings. The molecule has 1 atom stereocenters. The van der Waals surface area contributed by atoms with E-state index in [1.165, 1.54) is 5.57 Å². The monoisotopic (exact) mass is 470 g/mol. The number of alkyl halides is 3. The van der Waals surface area contributed by atoms with Crippen molar-refractivity contribution in [1.82, 2.24) is 0 Å². The van der Waals surface area contributed by atoms with Crippen molar-refractivity contribution >= 4 is 38.8 Å². The fourth-order valence-electron chi connectivity index (χ4n) is 2.61. The van der Waals surface area contributed by atoms with Gasteiger partial charge in [0.1, 0.15) is 0 Å². The van der Waals surface area contributed by atoms with Gasteiger partial charge in [0.05, 0.1) is 0 Å². The molecule has 1 fully saturated rings. The molecule has 22 heavy (non-hydrogen) atoms. The molecule has 1 aliphatic carbocycles. The van der Waals surface area contributed by atoms with Crippen LogP contribution in [0.5, 0.6) is 0 Å². The van der Waals surface area contributed by atoms with E-state index in [-0.39, 0.29) is 0 Å². The van der Waals surface area contributed by atoms with E-state index in [4.69, 9.17) is 3.63 Å². The quantitative estimate of drug-likeness (QED) is 0.325. The molecule has 0 radical (unpaired) electrons. The van der Waals surface area contributed by atoms with Gasteiger partial charge in [-0.25, -0.2) is 0 Å². The summed E-state index contributed by atoms with van der Waals surface area (Å²) < 4.78 is 66.0. The molecule has 0 aromatic heterocycles. The Balaban J connectivity index is 2.98. The third-order valence-electron chi connectivity index (χ3n) is 3.25. The van der Waals surface area contributed by atoms with Gasteiger partial charge in [-0.15, -0.1) is 0 Å². The van der Waals surface area contributed by atoms with Gasteiger partial charge in [-0.3, -0.25) is 0 Å². The maximum atomic E-state index is 12.6. The standard InChI is InChI=1S/C10H16F3O3S2.3CH3.Sn/c1-17(2,8-7-9-5-3-4-6-9)16-18(14,15)10(11,12)13;;;;/h7H,1,3-6,8H2,2H3;3*1H3;. The second kappa shape index (κ2) is 7.23. The summed E-state index contributed by atoms with van der Waals surface area (Å²) in [6, 6.07) is 0.